The Hall–Kier alpha value is -2.30. The van der Waals surface area contributed by atoms with Gasteiger partial charge in [0.15, 0.2) is 0 Å². The van der Waals surface area contributed by atoms with Crippen molar-refractivity contribution in [3.8, 4) is 5.75 Å². The third kappa shape index (κ3) is 4.34. The highest BCUT2D eigenvalue weighted by molar-refractivity contribution is 5.76. The van der Waals surface area contributed by atoms with Gasteiger partial charge in [0, 0.05) is 25.7 Å². The van der Waals surface area contributed by atoms with Gasteiger partial charge >= 0.3 is 0 Å². The van der Waals surface area contributed by atoms with Gasteiger partial charge in [0.1, 0.15) is 5.75 Å². The maximum atomic E-state index is 12.0. The minimum absolute atomic E-state index is 0.0718. The number of carbonyl (C=O) groups excluding carboxylic acids is 1. The van der Waals surface area contributed by atoms with Crippen LogP contribution in [0.2, 0.25) is 0 Å². The Labute approximate surface area is 137 Å². The highest BCUT2D eigenvalue weighted by atomic mass is 16.5. The van der Waals surface area contributed by atoms with Gasteiger partial charge in [0.25, 0.3) is 0 Å². The van der Waals surface area contributed by atoms with Crippen molar-refractivity contribution in [3.05, 3.63) is 46.8 Å². The number of ether oxygens (including phenoxy) is 1. The van der Waals surface area contributed by atoms with Crippen molar-refractivity contribution in [3.63, 3.8) is 0 Å². The lowest BCUT2D eigenvalue weighted by Gasteiger charge is -2.09. The van der Waals surface area contributed by atoms with Crippen LogP contribution < -0.4 is 10.1 Å². The molecule has 0 spiro atoms. The van der Waals surface area contributed by atoms with Crippen molar-refractivity contribution >= 4 is 5.91 Å². The highest BCUT2D eigenvalue weighted by Crippen LogP contribution is 2.17. The number of nitrogens with zero attached hydrogens (tertiary/aromatic N) is 2. The molecule has 0 aliphatic heterocycles. The Balaban J connectivity index is 1.79. The number of hydrogen-bond donors (Lipinski definition) is 1. The summed E-state index contributed by atoms with van der Waals surface area (Å²) in [5.41, 5.74) is 4.41. The van der Waals surface area contributed by atoms with E-state index in [0.29, 0.717) is 13.0 Å². The summed E-state index contributed by atoms with van der Waals surface area (Å²) < 4.78 is 7.18. The maximum Gasteiger partial charge on any atom is 0.220 e. The highest BCUT2D eigenvalue weighted by Gasteiger charge is 2.11. The normalized spacial score (nSPS) is 10.6. The smallest absolute Gasteiger partial charge is 0.220 e. The lowest BCUT2D eigenvalue weighted by molar-refractivity contribution is -0.121. The lowest BCUT2D eigenvalue weighted by atomic mass is 10.1. The zero-order chi connectivity index (χ0) is 16.8. The van der Waals surface area contributed by atoms with Crippen molar-refractivity contribution in [2.24, 2.45) is 7.05 Å². The van der Waals surface area contributed by atoms with E-state index in [4.69, 9.17) is 4.74 Å². The van der Waals surface area contributed by atoms with E-state index in [-0.39, 0.29) is 5.91 Å². The van der Waals surface area contributed by atoms with Crippen LogP contribution in [0.15, 0.2) is 24.3 Å². The Morgan fingerprint density at radius 1 is 1.26 bits per heavy atom. The first-order valence-corrected chi connectivity index (χ1v) is 7.90. The predicted molar refractivity (Wildman–Crippen MR) is 90.7 cm³/mol. The number of para-hydroxylation sites is 1. The fourth-order valence-electron chi connectivity index (χ4n) is 2.75. The molecule has 5 heteroatoms. The second kappa shape index (κ2) is 7.81. The van der Waals surface area contributed by atoms with Crippen LogP contribution in [0.25, 0.3) is 0 Å². The molecule has 23 heavy (non-hydrogen) atoms. The summed E-state index contributed by atoms with van der Waals surface area (Å²) in [6.07, 6.45) is 1.98. The Morgan fingerprint density at radius 3 is 2.65 bits per heavy atom. The molecule has 0 aliphatic carbocycles. The summed E-state index contributed by atoms with van der Waals surface area (Å²) in [5, 5.41) is 7.36. The molecule has 0 aliphatic rings. The van der Waals surface area contributed by atoms with Crippen LogP contribution in [-0.4, -0.2) is 29.3 Å². The SMILES string of the molecule is COc1ccccc1CCNC(=O)CCc1c(C)nn(C)c1C. The molecule has 1 aromatic carbocycles. The van der Waals surface area contributed by atoms with Crippen LogP contribution in [0, 0.1) is 13.8 Å². The topological polar surface area (TPSA) is 56.1 Å². The zero-order valence-corrected chi connectivity index (χ0v) is 14.3. The van der Waals surface area contributed by atoms with Crippen LogP contribution in [0.1, 0.15) is 28.9 Å². The molecule has 0 atom stereocenters. The third-order valence-electron chi connectivity index (χ3n) is 4.17. The van der Waals surface area contributed by atoms with Gasteiger partial charge in [-0.1, -0.05) is 18.2 Å². The molecule has 5 nitrogen and oxygen atoms in total. The van der Waals surface area contributed by atoms with E-state index in [1.54, 1.807) is 7.11 Å². The predicted octanol–water partition coefficient (Wildman–Crippen LogP) is 2.34. The van der Waals surface area contributed by atoms with Gasteiger partial charge < -0.3 is 10.1 Å². The molecule has 0 fully saturated rings. The van der Waals surface area contributed by atoms with Gasteiger partial charge in [-0.15, -0.1) is 0 Å². The molecule has 0 unspecified atom stereocenters. The van der Waals surface area contributed by atoms with E-state index >= 15 is 0 Å². The van der Waals surface area contributed by atoms with Crippen LogP contribution in [0.5, 0.6) is 5.75 Å². The number of rotatable bonds is 7. The molecule has 0 bridgehead atoms. The fraction of sp³-hybridized carbons (Fsp3) is 0.444. The van der Waals surface area contributed by atoms with E-state index < -0.39 is 0 Å². The molecule has 2 aromatic rings. The standard InChI is InChI=1S/C18H25N3O2/c1-13-16(14(2)21(3)20-13)9-10-18(22)19-12-11-15-7-5-6-8-17(15)23-4/h5-8H,9-12H2,1-4H3,(H,19,22). The van der Waals surface area contributed by atoms with Gasteiger partial charge in [-0.3, -0.25) is 9.48 Å². The summed E-state index contributed by atoms with van der Waals surface area (Å²) in [5.74, 6) is 0.936. The Kier molecular flexibility index (Phi) is 5.79. The Morgan fingerprint density at radius 2 is 2.00 bits per heavy atom. The van der Waals surface area contributed by atoms with Crippen molar-refractivity contribution in [1.82, 2.24) is 15.1 Å². The first-order chi connectivity index (χ1) is 11.0. The minimum atomic E-state index is 0.0718. The number of nitrogens with one attached hydrogen (secondary N) is 1. The van der Waals surface area contributed by atoms with Gasteiger partial charge in [-0.25, -0.2) is 0 Å². The Bertz CT molecular complexity index is 677. The van der Waals surface area contributed by atoms with E-state index in [1.165, 1.54) is 5.56 Å². The quantitative estimate of drug-likeness (QED) is 0.853. The summed E-state index contributed by atoms with van der Waals surface area (Å²) in [6, 6.07) is 7.88. The molecule has 1 heterocycles. The monoisotopic (exact) mass is 315 g/mol. The molecule has 2 rings (SSSR count). The second-order valence-corrected chi connectivity index (χ2v) is 5.68. The van der Waals surface area contributed by atoms with Gasteiger partial charge in [-0.2, -0.15) is 5.10 Å². The van der Waals surface area contributed by atoms with Crippen LogP contribution in [0.3, 0.4) is 0 Å². The molecule has 0 saturated carbocycles. The molecule has 124 valence electrons. The van der Waals surface area contributed by atoms with Gasteiger partial charge in [0.05, 0.1) is 12.8 Å². The summed E-state index contributed by atoms with van der Waals surface area (Å²) >= 11 is 0. The summed E-state index contributed by atoms with van der Waals surface area (Å²) in [6.45, 7) is 4.64. The number of benzene rings is 1. The van der Waals surface area contributed by atoms with Crippen LogP contribution >= 0.6 is 0 Å². The first-order valence-electron chi connectivity index (χ1n) is 7.90. The molecule has 1 aromatic heterocycles. The average molecular weight is 315 g/mol. The summed E-state index contributed by atoms with van der Waals surface area (Å²) in [4.78, 5) is 12.0. The number of methoxy groups -OCH3 is 1. The number of aromatic nitrogens is 2. The van der Waals surface area contributed by atoms with Crippen molar-refractivity contribution < 1.29 is 9.53 Å². The minimum Gasteiger partial charge on any atom is -0.496 e. The first kappa shape index (κ1) is 17.1. The molecule has 1 amide bonds. The summed E-state index contributed by atoms with van der Waals surface area (Å²) in [7, 11) is 3.59. The number of hydrogen-bond acceptors (Lipinski definition) is 3. The van der Waals surface area contributed by atoms with E-state index in [0.717, 1.165) is 35.5 Å². The van der Waals surface area contributed by atoms with Crippen molar-refractivity contribution in [2.75, 3.05) is 13.7 Å². The molecular formula is C18H25N3O2. The maximum absolute atomic E-state index is 12.0. The molecule has 0 radical (unpaired) electrons. The number of aryl methyl sites for hydroxylation is 2. The van der Waals surface area contributed by atoms with Gasteiger partial charge in [0.2, 0.25) is 5.91 Å². The van der Waals surface area contributed by atoms with E-state index in [1.807, 2.05) is 49.8 Å². The third-order valence-corrected chi connectivity index (χ3v) is 4.17. The molecular weight excluding hydrogens is 290 g/mol. The molecule has 0 saturated heterocycles. The zero-order valence-electron chi connectivity index (χ0n) is 14.3. The second-order valence-electron chi connectivity index (χ2n) is 5.68. The van der Waals surface area contributed by atoms with E-state index in [2.05, 4.69) is 10.4 Å². The fourth-order valence-corrected chi connectivity index (χ4v) is 2.75. The molecule has 1 N–H and O–H groups in total. The van der Waals surface area contributed by atoms with Crippen LogP contribution in [-0.2, 0) is 24.7 Å². The largest absolute Gasteiger partial charge is 0.496 e. The van der Waals surface area contributed by atoms with Crippen molar-refractivity contribution in [1.29, 1.82) is 0 Å². The number of amides is 1. The lowest BCUT2D eigenvalue weighted by Crippen LogP contribution is -2.26. The van der Waals surface area contributed by atoms with Crippen LogP contribution in [0.4, 0.5) is 0 Å². The average Bonchev–Trinajstić information content (AvgIpc) is 2.78. The van der Waals surface area contributed by atoms with Crippen molar-refractivity contribution in [2.45, 2.75) is 33.1 Å². The number of carbonyl (C=O) groups is 1. The van der Waals surface area contributed by atoms with E-state index in [9.17, 15) is 4.79 Å². The van der Waals surface area contributed by atoms with Gasteiger partial charge in [-0.05, 0) is 43.9 Å².